The fraction of sp³-hybridized carbons (Fsp3) is 0.286. The van der Waals surface area contributed by atoms with E-state index in [0.717, 1.165) is 16.6 Å². The van der Waals surface area contributed by atoms with Gasteiger partial charge in [-0.25, -0.2) is 4.98 Å². The third kappa shape index (κ3) is 3.74. The number of halogens is 1. The monoisotopic (exact) mass is 367 g/mol. The lowest BCUT2D eigenvalue weighted by Crippen LogP contribution is -2.02. The molecule has 0 spiro atoms. The summed E-state index contributed by atoms with van der Waals surface area (Å²) < 4.78 is 1.23. The van der Waals surface area contributed by atoms with Gasteiger partial charge >= 0.3 is 0 Å². The maximum Gasteiger partial charge on any atom is 0.270 e. The van der Waals surface area contributed by atoms with Gasteiger partial charge in [-0.2, -0.15) is 0 Å². The Hall–Kier alpha value is -1.60. The number of hydrogen-bond acceptors (Lipinski definition) is 4. The Morgan fingerprint density at radius 3 is 2.81 bits per heavy atom. The minimum absolute atomic E-state index is 0.0296. The highest BCUT2D eigenvalue weighted by molar-refractivity contribution is 9.10. The zero-order chi connectivity index (χ0) is 15.6. The molecule has 0 aliphatic carbocycles. The van der Waals surface area contributed by atoms with Crippen molar-refractivity contribution in [3.63, 3.8) is 0 Å². The summed E-state index contributed by atoms with van der Waals surface area (Å²) >= 11 is 8.70. The van der Waals surface area contributed by atoms with Gasteiger partial charge in [-0.1, -0.05) is 38.2 Å². The van der Waals surface area contributed by atoms with Crippen LogP contribution >= 0.6 is 28.1 Å². The number of non-ortho nitro benzene ring substituents is 1. The molecule has 0 saturated heterocycles. The van der Waals surface area contributed by atoms with Crippen molar-refractivity contribution in [2.75, 3.05) is 0 Å². The second-order valence-corrected chi connectivity index (χ2v) is 6.27. The first-order chi connectivity index (χ1) is 9.88. The van der Waals surface area contributed by atoms with Crippen LogP contribution in [0.5, 0.6) is 0 Å². The Labute approximate surface area is 135 Å². The molecule has 1 N–H and O–H groups in total. The molecule has 21 heavy (non-hydrogen) atoms. The van der Waals surface area contributed by atoms with Gasteiger partial charge in [0.2, 0.25) is 0 Å². The summed E-state index contributed by atoms with van der Waals surface area (Å²) in [6.07, 6.45) is 0.814. The van der Waals surface area contributed by atoms with Gasteiger partial charge in [0.05, 0.1) is 9.40 Å². The molecule has 0 saturated carbocycles. The van der Waals surface area contributed by atoms with Crippen molar-refractivity contribution in [3.05, 3.63) is 49.2 Å². The third-order valence-electron chi connectivity index (χ3n) is 2.88. The molecule has 0 bridgehead atoms. The van der Waals surface area contributed by atoms with Crippen molar-refractivity contribution in [3.8, 4) is 11.4 Å². The largest absolute Gasteiger partial charge is 0.342 e. The van der Waals surface area contributed by atoms with Gasteiger partial charge in [0, 0.05) is 23.4 Å². The van der Waals surface area contributed by atoms with Crippen LogP contribution in [-0.2, 0) is 6.42 Å². The molecule has 7 heteroatoms. The van der Waals surface area contributed by atoms with E-state index in [9.17, 15) is 10.1 Å². The van der Waals surface area contributed by atoms with Crippen LogP contribution < -0.4 is 0 Å². The summed E-state index contributed by atoms with van der Waals surface area (Å²) in [5.41, 5.74) is 1.63. The SMILES string of the molecule is CC(C)Cc1[nH]c(-c2cccc([N+](=O)[O-])c2)nc(=S)c1Br. The molecule has 5 nitrogen and oxygen atoms in total. The van der Waals surface area contributed by atoms with E-state index in [1.807, 2.05) is 0 Å². The lowest BCUT2D eigenvalue weighted by molar-refractivity contribution is -0.384. The number of nitro groups is 1. The van der Waals surface area contributed by atoms with Crippen molar-refractivity contribution >= 4 is 33.8 Å². The molecule has 0 aliphatic heterocycles. The van der Waals surface area contributed by atoms with E-state index in [-0.39, 0.29) is 5.69 Å². The quantitative estimate of drug-likeness (QED) is 0.483. The van der Waals surface area contributed by atoms with Crippen molar-refractivity contribution in [2.24, 2.45) is 5.92 Å². The van der Waals surface area contributed by atoms with Crippen molar-refractivity contribution in [1.29, 1.82) is 0 Å². The molecule has 2 aromatic rings. The number of aromatic amines is 1. The second-order valence-electron chi connectivity index (χ2n) is 5.09. The van der Waals surface area contributed by atoms with E-state index in [1.54, 1.807) is 12.1 Å². The van der Waals surface area contributed by atoms with Crippen LogP contribution in [-0.4, -0.2) is 14.9 Å². The van der Waals surface area contributed by atoms with Crippen LogP contribution in [0.4, 0.5) is 5.69 Å². The predicted octanol–water partition coefficient (Wildman–Crippen LogP) is 4.68. The molecule has 0 fully saturated rings. The van der Waals surface area contributed by atoms with Crippen molar-refractivity contribution < 1.29 is 4.92 Å². The number of nitrogens with zero attached hydrogens (tertiary/aromatic N) is 2. The number of H-pyrrole nitrogens is 1. The number of aromatic nitrogens is 2. The summed E-state index contributed by atoms with van der Waals surface area (Å²) in [7, 11) is 0. The fourth-order valence-electron chi connectivity index (χ4n) is 1.96. The molecule has 2 rings (SSSR count). The van der Waals surface area contributed by atoms with E-state index >= 15 is 0 Å². The molecule has 1 aromatic heterocycles. The van der Waals surface area contributed by atoms with Crippen LogP contribution in [0.2, 0.25) is 0 Å². The smallest absolute Gasteiger partial charge is 0.270 e. The minimum Gasteiger partial charge on any atom is -0.342 e. The van der Waals surface area contributed by atoms with Gasteiger partial charge in [0.1, 0.15) is 10.5 Å². The van der Waals surface area contributed by atoms with Crippen LogP contribution in [0.15, 0.2) is 28.7 Å². The van der Waals surface area contributed by atoms with Gasteiger partial charge in [0.15, 0.2) is 0 Å². The lowest BCUT2D eigenvalue weighted by Gasteiger charge is -2.10. The summed E-state index contributed by atoms with van der Waals surface area (Å²) in [6, 6.07) is 6.34. The summed E-state index contributed by atoms with van der Waals surface area (Å²) in [4.78, 5) is 18.0. The highest BCUT2D eigenvalue weighted by Gasteiger charge is 2.12. The molecule has 0 unspecified atom stereocenters. The van der Waals surface area contributed by atoms with Crippen LogP contribution in [0.25, 0.3) is 11.4 Å². The van der Waals surface area contributed by atoms with Crippen LogP contribution in [0.3, 0.4) is 0 Å². The van der Waals surface area contributed by atoms with Crippen LogP contribution in [0, 0.1) is 20.7 Å². The number of hydrogen-bond donors (Lipinski definition) is 1. The zero-order valence-corrected chi connectivity index (χ0v) is 14.0. The number of benzene rings is 1. The van der Waals surface area contributed by atoms with Gasteiger partial charge < -0.3 is 4.98 Å². The minimum atomic E-state index is -0.425. The van der Waals surface area contributed by atoms with E-state index in [2.05, 4.69) is 39.7 Å². The molecule has 1 heterocycles. The Kier molecular flexibility index (Phi) is 4.84. The van der Waals surface area contributed by atoms with Crippen LogP contribution in [0.1, 0.15) is 19.5 Å². The number of rotatable bonds is 4. The molecule has 0 amide bonds. The summed E-state index contributed by atoms with van der Waals surface area (Å²) in [5, 5.41) is 10.9. The standard InChI is InChI=1S/C14H14BrN3O2S/c1-8(2)6-11-12(15)14(21)17-13(16-11)9-4-3-5-10(7-9)18(19)20/h3-5,7-8H,6H2,1-2H3,(H,16,17,21). The summed E-state index contributed by atoms with van der Waals surface area (Å²) in [6.45, 7) is 4.22. The Morgan fingerprint density at radius 1 is 1.48 bits per heavy atom. The van der Waals surface area contributed by atoms with E-state index in [1.165, 1.54) is 12.1 Å². The molecule has 0 atom stereocenters. The molecular weight excluding hydrogens is 354 g/mol. The highest BCUT2D eigenvalue weighted by Crippen LogP contribution is 2.25. The summed E-state index contributed by atoms with van der Waals surface area (Å²) in [5.74, 6) is 0.995. The first-order valence-corrected chi connectivity index (χ1v) is 7.62. The highest BCUT2D eigenvalue weighted by atomic mass is 79.9. The normalized spacial score (nSPS) is 10.9. The Morgan fingerprint density at radius 2 is 2.19 bits per heavy atom. The Bertz CT molecular complexity index is 743. The fourth-order valence-corrected chi connectivity index (χ4v) is 2.52. The average molecular weight is 368 g/mol. The van der Waals surface area contributed by atoms with Gasteiger partial charge in [0.25, 0.3) is 5.69 Å². The number of nitro benzene ring substituents is 1. The maximum absolute atomic E-state index is 10.9. The Balaban J connectivity index is 2.54. The maximum atomic E-state index is 10.9. The lowest BCUT2D eigenvalue weighted by atomic mass is 10.1. The first-order valence-electron chi connectivity index (χ1n) is 6.42. The zero-order valence-electron chi connectivity index (χ0n) is 11.6. The van der Waals surface area contributed by atoms with Crippen molar-refractivity contribution in [1.82, 2.24) is 9.97 Å². The topological polar surface area (TPSA) is 71.8 Å². The molecule has 1 aromatic carbocycles. The molecule has 0 radical (unpaired) electrons. The molecule has 110 valence electrons. The van der Waals surface area contributed by atoms with E-state index in [4.69, 9.17) is 12.2 Å². The van der Waals surface area contributed by atoms with Gasteiger partial charge in [-0.15, -0.1) is 0 Å². The third-order valence-corrected chi connectivity index (χ3v) is 4.29. The van der Waals surface area contributed by atoms with Crippen molar-refractivity contribution in [2.45, 2.75) is 20.3 Å². The predicted molar refractivity (Wildman–Crippen MR) is 87.8 cm³/mol. The van der Waals surface area contributed by atoms with E-state index in [0.29, 0.717) is 21.9 Å². The second kappa shape index (κ2) is 6.44. The molecular formula is C14H14BrN3O2S. The van der Waals surface area contributed by atoms with E-state index < -0.39 is 4.92 Å². The number of nitrogens with one attached hydrogen (secondary N) is 1. The average Bonchev–Trinajstić information content (AvgIpc) is 2.43. The first kappa shape index (κ1) is 15.8. The molecule has 0 aliphatic rings. The van der Waals surface area contributed by atoms with Gasteiger partial charge in [-0.3, -0.25) is 10.1 Å². The van der Waals surface area contributed by atoms with Gasteiger partial charge in [-0.05, 0) is 28.3 Å².